The second-order valence-electron chi connectivity index (χ2n) is 9.01. The fourth-order valence-electron chi connectivity index (χ4n) is 4.40. The lowest BCUT2D eigenvalue weighted by Gasteiger charge is -2.36. The van der Waals surface area contributed by atoms with Crippen LogP contribution in [0.5, 0.6) is 0 Å². The molecule has 2 heterocycles. The van der Waals surface area contributed by atoms with Crippen molar-refractivity contribution in [3.8, 4) is 0 Å². The molecule has 2 atom stereocenters. The van der Waals surface area contributed by atoms with Crippen LogP contribution in [0.1, 0.15) is 29.3 Å². The summed E-state index contributed by atoms with van der Waals surface area (Å²) in [6.45, 7) is 6.43. The average Bonchev–Trinajstić information content (AvgIpc) is 2.89. The summed E-state index contributed by atoms with van der Waals surface area (Å²) in [6, 6.07) is 15.8. The number of nitrogens with zero attached hydrogens (tertiary/aromatic N) is 2. The van der Waals surface area contributed by atoms with Crippen LogP contribution >= 0.6 is 0 Å². The quantitative estimate of drug-likeness (QED) is 0.457. The van der Waals surface area contributed by atoms with Crippen molar-refractivity contribution in [3.63, 3.8) is 0 Å². The maximum atomic E-state index is 13.1. The minimum atomic E-state index is -3.70. The van der Waals surface area contributed by atoms with E-state index >= 15 is 0 Å². The first-order valence-electron chi connectivity index (χ1n) is 11.9. The number of hydrogen-bond acceptors (Lipinski definition) is 5. The van der Waals surface area contributed by atoms with Gasteiger partial charge in [0.15, 0.2) is 0 Å². The van der Waals surface area contributed by atoms with E-state index in [0.29, 0.717) is 38.0 Å². The zero-order valence-corrected chi connectivity index (χ0v) is 21.0. The van der Waals surface area contributed by atoms with Crippen molar-refractivity contribution in [2.24, 2.45) is 5.92 Å². The summed E-state index contributed by atoms with van der Waals surface area (Å²) in [5.41, 5.74) is 2.39. The van der Waals surface area contributed by atoms with E-state index < -0.39 is 10.0 Å². The van der Waals surface area contributed by atoms with Gasteiger partial charge in [0.05, 0.1) is 10.4 Å². The molecule has 1 aliphatic heterocycles. The van der Waals surface area contributed by atoms with Gasteiger partial charge in [0.2, 0.25) is 15.9 Å². The molecule has 1 aliphatic rings. The summed E-state index contributed by atoms with van der Waals surface area (Å²) >= 11 is 0. The number of amides is 2. The molecule has 2 amide bonds. The Balaban J connectivity index is 1.33. The molecule has 1 aromatic heterocycles. The minimum absolute atomic E-state index is 0.0409. The average molecular weight is 507 g/mol. The van der Waals surface area contributed by atoms with Crippen molar-refractivity contribution >= 4 is 32.7 Å². The number of piperidine rings is 1. The number of fused-ring (bicyclic) bond motifs is 1. The predicted molar refractivity (Wildman–Crippen MR) is 139 cm³/mol. The number of carbonyl (C=O) groups is 2. The van der Waals surface area contributed by atoms with Gasteiger partial charge in [-0.25, -0.2) is 8.42 Å². The van der Waals surface area contributed by atoms with Gasteiger partial charge in [-0.3, -0.25) is 14.6 Å². The molecule has 0 radical (unpaired) electrons. The van der Waals surface area contributed by atoms with Gasteiger partial charge >= 0.3 is 0 Å². The molecule has 188 valence electrons. The highest BCUT2D eigenvalue weighted by molar-refractivity contribution is 7.89. The van der Waals surface area contributed by atoms with E-state index in [9.17, 15) is 18.0 Å². The molecule has 36 heavy (non-hydrogen) atoms. The molecule has 2 aromatic carbocycles. The van der Waals surface area contributed by atoms with Crippen LogP contribution in [0.15, 0.2) is 78.3 Å². The summed E-state index contributed by atoms with van der Waals surface area (Å²) in [5.74, 6) is -0.558. The van der Waals surface area contributed by atoms with Crippen molar-refractivity contribution < 1.29 is 18.0 Å². The number of hydrogen-bond donors (Lipinski definition) is 2. The normalized spacial score (nSPS) is 18.5. The molecule has 1 saturated heterocycles. The molecular weight excluding hydrogens is 476 g/mol. The van der Waals surface area contributed by atoms with E-state index in [1.165, 1.54) is 34.6 Å². The Morgan fingerprint density at radius 1 is 1.17 bits per heavy atom. The largest absolute Gasteiger partial charge is 0.352 e. The third-order valence-corrected chi connectivity index (χ3v) is 8.38. The Bertz CT molecular complexity index is 1370. The second-order valence-corrected chi connectivity index (χ2v) is 10.9. The first kappa shape index (κ1) is 25.5. The van der Waals surface area contributed by atoms with Gasteiger partial charge in [-0.2, -0.15) is 4.31 Å². The first-order valence-corrected chi connectivity index (χ1v) is 13.4. The van der Waals surface area contributed by atoms with Crippen LogP contribution < -0.4 is 10.6 Å². The van der Waals surface area contributed by atoms with Crippen molar-refractivity contribution in [3.05, 3.63) is 84.6 Å². The van der Waals surface area contributed by atoms with Crippen LogP contribution in [0.25, 0.3) is 10.9 Å². The molecule has 3 aromatic rings. The van der Waals surface area contributed by atoms with E-state index in [2.05, 4.69) is 22.2 Å². The summed E-state index contributed by atoms with van der Waals surface area (Å²) in [4.78, 5) is 28.7. The Morgan fingerprint density at radius 2 is 1.94 bits per heavy atom. The van der Waals surface area contributed by atoms with Crippen LogP contribution in [-0.2, 0) is 21.2 Å². The SMILES string of the molecule is C=CC(=O)NC1CCN(S(=O)(=O)c2ccc(C(=O)NCCc3ccc4cccnc4c3)cc2)CC1C. The molecule has 1 fully saturated rings. The minimum Gasteiger partial charge on any atom is -0.352 e. The smallest absolute Gasteiger partial charge is 0.251 e. The van der Waals surface area contributed by atoms with E-state index in [1.807, 2.05) is 37.3 Å². The highest BCUT2D eigenvalue weighted by Gasteiger charge is 2.34. The maximum absolute atomic E-state index is 13.1. The van der Waals surface area contributed by atoms with E-state index in [1.54, 1.807) is 6.20 Å². The first-order chi connectivity index (χ1) is 17.3. The topological polar surface area (TPSA) is 108 Å². The Hall–Kier alpha value is -3.56. The third kappa shape index (κ3) is 5.80. The summed E-state index contributed by atoms with van der Waals surface area (Å²) in [5, 5.41) is 6.81. The number of carbonyl (C=O) groups excluding carboxylic acids is 2. The zero-order chi connectivity index (χ0) is 25.7. The van der Waals surface area contributed by atoms with Crippen molar-refractivity contribution in [2.45, 2.75) is 30.7 Å². The van der Waals surface area contributed by atoms with E-state index in [4.69, 9.17) is 0 Å². The molecule has 0 bridgehead atoms. The highest BCUT2D eigenvalue weighted by atomic mass is 32.2. The lowest BCUT2D eigenvalue weighted by atomic mass is 9.95. The van der Waals surface area contributed by atoms with Crippen molar-refractivity contribution in [1.82, 2.24) is 19.9 Å². The Kier molecular flexibility index (Phi) is 7.81. The van der Waals surface area contributed by atoms with Gasteiger partial charge in [-0.05, 0) is 66.8 Å². The van der Waals surface area contributed by atoms with Gasteiger partial charge in [-0.15, -0.1) is 0 Å². The molecule has 9 heteroatoms. The van der Waals surface area contributed by atoms with Crippen LogP contribution in [0.3, 0.4) is 0 Å². The number of pyridine rings is 1. The predicted octanol–water partition coefficient (Wildman–Crippen LogP) is 2.91. The van der Waals surface area contributed by atoms with Crippen LogP contribution in [-0.4, -0.2) is 55.2 Å². The molecule has 2 unspecified atom stereocenters. The molecule has 0 aliphatic carbocycles. The Labute approximate surface area is 211 Å². The number of aromatic nitrogens is 1. The zero-order valence-electron chi connectivity index (χ0n) is 20.2. The molecule has 0 saturated carbocycles. The van der Waals surface area contributed by atoms with Gasteiger partial charge in [-0.1, -0.05) is 31.7 Å². The van der Waals surface area contributed by atoms with Crippen molar-refractivity contribution in [2.75, 3.05) is 19.6 Å². The van der Waals surface area contributed by atoms with Gasteiger partial charge in [0.1, 0.15) is 0 Å². The fourth-order valence-corrected chi connectivity index (χ4v) is 5.95. The lowest BCUT2D eigenvalue weighted by Crippen LogP contribution is -2.51. The van der Waals surface area contributed by atoms with Crippen LogP contribution in [0.2, 0.25) is 0 Å². The number of benzene rings is 2. The lowest BCUT2D eigenvalue weighted by molar-refractivity contribution is -0.117. The third-order valence-electron chi connectivity index (χ3n) is 6.50. The van der Waals surface area contributed by atoms with E-state index in [-0.39, 0.29) is 28.7 Å². The fraction of sp³-hybridized carbons (Fsp3) is 0.296. The molecule has 4 rings (SSSR count). The molecule has 8 nitrogen and oxygen atoms in total. The number of nitrogens with one attached hydrogen (secondary N) is 2. The molecular formula is C27H30N4O4S. The summed E-state index contributed by atoms with van der Waals surface area (Å²) in [7, 11) is -3.70. The van der Waals surface area contributed by atoms with Gasteiger partial charge in [0, 0.05) is 42.8 Å². The van der Waals surface area contributed by atoms with Crippen LogP contribution in [0, 0.1) is 5.92 Å². The maximum Gasteiger partial charge on any atom is 0.251 e. The Morgan fingerprint density at radius 3 is 2.67 bits per heavy atom. The second kappa shape index (κ2) is 11.0. The summed E-state index contributed by atoms with van der Waals surface area (Å²) < 4.78 is 27.7. The standard InChI is InChI=1S/C27H30N4O4S/c1-3-26(32)30-24-13-16-31(18-19(24)2)36(34,35)23-10-8-22(9-11-23)27(33)29-15-12-20-6-7-21-5-4-14-28-25(21)17-20/h3-11,14,17,19,24H,1,12-13,15-16,18H2,2H3,(H,29,33)(H,30,32). The van der Waals surface area contributed by atoms with Gasteiger partial charge < -0.3 is 10.6 Å². The molecule has 0 spiro atoms. The number of rotatable bonds is 8. The molecule has 2 N–H and O–H groups in total. The summed E-state index contributed by atoms with van der Waals surface area (Å²) in [6.07, 6.45) is 4.15. The highest BCUT2D eigenvalue weighted by Crippen LogP contribution is 2.24. The monoisotopic (exact) mass is 506 g/mol. The van der Waals surface area contributed by atoms with Crippen molar-refractivity contribution in [1.29, 1.82) is 0 Å². The van der Waals surface area contributed by atoms with Gasteiger partial charge in [0.25, 0.3) is 5.91 Å². The van der Waals surface area contributed by atoms with Crippen LogP contribution in [0.4, 0.5) is 0 Å². The number of sulfonamides is 1. The van der Waals surface area contributed by atoms with E-state index in [0.717, 1.165) is 16.5 Å².